The summed E-state index contributed by atoms with van der Waals surface area (Å²) in [4.78, 5) is 44.4. The second kappa shape index (κ2) is 19.8. The Labute approximate surface area is 282 Å². The minimum Gasteiger partial charge on any atom is -0.494 e. The molecule has 0 radical (unpaired) electrons. The van der Waals surface area contributed by atoms with Gasteiger partial charge in [-0.3, -0.25) is 23.8 Å². The molecule has 0 fully saturated rings. The predicted octanol–water partition coefficient (Wildman–Crippen LogP) is 6.70. The molecule has 3 aromatic rings. The molecule has 13 heteroatoms. The zero-order valence-corrected chi connectivity index (χ0v) is 29.3. The van der Waals surface area contributed by atoms with Gasteiger partial charge in [-0.25, -0.2) is 5.06 Å². The lowest BCUT2D eigenvalue weighted by Crippen LogP contribution is -2.48. The molecule has 0 aliphatic heterocycles. The van der Waals surface area contributed by atoms with Crippen LogP contribution in [-0.2, 0) is 40.8 Å². The van der Waals surface area contributed by atoms with E-state index in [0.717, 1.165) is 24.8 Å². The van der Waals surface area contributed by atoms with Crippen molar-refractivity contribution in [2.45, 2.75) is 71.7 Å². The molecule has 262 valence electrons. The lowest BCUT2D eigenvalue weighted by molar-refractivity contribution is -0.200. The Morgan fingerprint density at radius 1 is 0.958 bits per heavy atom. The Morgan fingerprint density at radius 3 is 2.35 bits per heavy atom. The number of hydrogen-bond acceptors (Lipinski definition) is 9. The number of nitrogens with zero attached hydrogens (tertiary/aromatic N) is 1. The number of amides is 3. The number of rotatable bonds is 22. The molecule has 0 aliphatic carbocycles. The van der Waals surface area contributed by atoms with Gasteiger partial charge in [-0.05, 0) is 61.2 Å². The molecular formula is C35H48N3O9P. The summed E-state index contributed by atoms with van der Waals surface area (Å²) in [7, 11) is -0.690. The highest BCUT2D eigenvalue weighted by Gasteiger charge is 2.32. The summed E-state index contributed by atoms with van der Waals surface area (Å²) in [5.41, 5.74) is 2.16. The summed E-state index contributed by atoms with van der Waals surface area (Å²) in [6, 6.07) is 17.4. The lowest BCUT2D eigenvalue weighted by atomic mass is 9.90. The molecule has 1 aromatic heterocycles. The highest BCUT2D eigenvalue weighted by molar-refractivity contribution is 7.52. The number of hydroxylamine groups is 2. The van der Waals surface area contributed by atoms with Crippen LogP contribution in [0.2, 0.25) is 0 Å². The number of hydrogen-bond donors (Lipinski definition) is 2. The van der Waals surface area contributed by atoms with E-state index in [1.807, 2.05) is 44.2 Å². The molecule has 0 bridgehead atoms. The van der Waals surface area contributed by atoms with Crippen molar-refractivity contribution < 1.29 is 42.0 Å². The molecule has 0 aliphatic rings. The second-order valence-electron chi connectivity index (χ2n) is 11.1. The fourth-order valence-electron chi connectivity index (χ4n) is 5.30. The maximum Gasteiger partial charge on any atom is 0.334 e. The molecule has 2 aromatic carbocycles. The third kappa shape index (κ3) is 11.3. The third-order valence-corrected chi connectivity index (χ3v) is 9.69. The Kier molecular flexibility index (Phi) is 15.8. The van der Waals surface area contributed by atoms with Gasteiger partial charge in [-0.1, -0.05) is 63.4 Å². The largest absolute Gasteiger partial charge is 0.494 e. The van der Waals surface area contributed by atoms with Gasteiger partial charge in [0.2, 0.25) is 12.3 Å². The summed E-state index contributed by atoms with van der Waals surface area (Å²) in [6.07, 6.45) is 4.42. The Bertz CT molecular complexity index is 1490. The standard InChI is InChI=1S/C35H48N3O9P/c1-6-9-11-16-30(31(7-2)38(25-39)46-22-26-14-12-10-13-15-26)34(40)36-24-37-35(41)33-18-17-32(47-33)28-19-27(20-29(21-28)45-8-3)23-48(42,43-4)44-5/h10,12-15,17-21,25,30-31H,6-9,11,16,22-24H2,1-5H3,(H,36,40)(H,37,41)/t30-,31-/m1/s1. The smallest absolute Gasteiger partial charge is 0.334 e. The number of carbonyl (C=O) groups excluding carboxylic acids is 3. The van der Waals surface area contributed by atoms with E-state index in [2.05, 4.69) is 17.6 Å². The first-order valence-electron chi connectivity index (χ1n) is 16.2. The van der Waals surface area contributed by atoms with Gasteiger partial charge in [-0.2, -0.15) is 0 Å². The van der Waals surface area contributed by atoms with Crippen molar-refractivity contribution in [1.29, 1.82) is 0 Å². The zero-order chi connectivity index (χ0) is 34.9. The van der Waals surface area contributed by atoms with Crippen molar-refractivity contribution in [3.05, 3.63) is 77.6 Å². The van der Waals surface area contributed by atoms with Crippen LogP contribution >= 0.6 is 7.60 Å². The van der Waals surface area contributed by atoms with E-state index in [1.165, 1.54) is 25.3 Å². The molecule has 3 rings (SSSR count). The normalized spacial score (nSPS) is 12.6. The van der Waals surface area contributed by atoms with Gasteiger partial charge < -0.3 is 28.8 Å². The van der Waals surface area contributed by atoms with Gasteiger partial charge in [0.15, 0.2) is 5.76 Å². The van der Waals surface area contributed by atoms with Gasteiger partial charge in [0.1, 0.15) is 18.1 Å². The van der Waals surface area contributed by atoms with Crippen LogP contribution in [0.3, 0.4) is 0 Å². The second-order valence-corrected chi connectivity index (χ2v) is 13.4. The number of furan rings is 1. The van der Waals surface area contributed by atoms with E-state index in [4.69, 9.17) is 23.0 Å². The molecule has 0 spiro atoms. The maximum absolute atomic E-state index is 13.5. The average molecular weight is 686 g/mol. The van der Waals surface area contributed by atoms with Gasteiger partial charge in [0.25, 0.3) is 5.91 Å². The fraction of sp³-hybridized carbons (Fsp3) is 0.457. The minimum absolute atomic E-state index is 0.0176. The summed E-state index contributed by atoms with van der Waals surface area (Å²) in [6.45, 7) is 6.30. The first-order chi connectivity index (χ1) is 23.2. The van der Waals surface area contributed by atoms with E-state index in [0.29, 0.717) is 48.5 Å². The predicted molar refractivity (Wildman–Crippen MR) is 182 cm³/mol. The number of carbonyl (C=O) groups is 3. The van der Waals surface area contributed by atoms with E-state index >= 15 is 0 Å². The highest BCUT2D eigenvalue weighted by Crippen LogP contribution is 2.50. The van der Waals surface area contributed by atoms with Gasteiger partial charge in [-0.15, -0.1) is 0 Å². The Balaban J connectivity index is 1.67. The average Bonchev–Trinajstić information content (AvgIpc) is 3.60. The number of ether oxygens (including phenoxy) is 1. The van der Waals surface area contributed by atoms with Crippen LogP contribution in [0, 0.1) is 5.92 Å². The van der Waals surface area contributed by atoms with Gasteiger partial charge >= 0.3 is 7.60 Å². The molecule has 0 saturated carbocycles. The van der Waals surface area contributed by atoms with Gasteiger partial charge in [0.05, 0.1) is 31.4 Å². The summed E-state index contributed by atoms with van der Waals surface area (Å²) < 4.78 is 34.5. The first kappa shape index (κ1) is 38.5. The van der Waals surface area contributed by atoms with Crippen molar-refractivity contribution in [2.24, 2.45) is 5.92 Å². The third-order valence-electron chi connectivity index (χ3n) is 7.83. The molecule has 3 amide bonds. The Hall–Kier alpha value is -3.96. The minimum atomic E-state index is -3.34. The SMILES string of the molecule is CCCCC[C@@H](C(=O)NCNC(=O)c1ccc(-c2cc(CP(=O)(OC)OC)cc(OCC)c2)o1)[C@@H](CC)N(C=O)OCc1ccccc1. The van der Waals surface area contributed by atoms with Crippen LogP contribution in [0.15, 0.2) is 65.1 Å². The zero-order valence-electron chi connectivity index (χ0n) is 28.4. The molecular weight excluding hydrogens is 637 g/mol. The first-order valence-corrected chi connectivity index (χ1v) is 18.0. The van der Waals surface area contributed by atoms with Gasteiger partial charge in [0, 0.05) is 19.8 Å². The van der Waals surface area contributed by atoms with Crippen molar-refractivity contribution in [3.63, 3.8) is 0 Å². The van der Waals surface area contributed by atoms with Crippen molar-refractivity contribution in [1.82, 2.24) is 15.7 Å². The summed E-state index contributed by atoms with van der Waals surface area (Å²) in [5.74, 6) is -0.406. The van der Waals surface area contributed by atoms with Crippen LogP contribution in [0.4, 0.5) is 0 Å². The van der Waals surface area contributed by atoms with E-state index in [9.17, 15) is 18.9 Å². The van der Waals surface area contributed by atoms with Crippen LogP contribution in [0.1, 0.15) is 74.6 Å². The molecule has 12 nitrogen and oxygen atoms in total. The van der Waals surface area contributed by atoms with Crippen molar-refractivity contribution in [3.8, 4) is 17.1 Å². The van der Waals surface area contributed by atoms with Crippen LogP contribution in [0.25, 0.3) is 11.3 Å². The maximum atomic E-state index is 13.5. The number of benzene rings is 2. The molecule has 1 heterocycles. The highest BCUT2D eigenvalue weighted by atomic mass is 31.2. The lowest BCUT2D eigenvalue weighted by Gasteiger charge is -2.32. The molecule has 0 unspecified atom stereocenters. The molecule has 2 atom stereocenters. The van der Waals surface area contributed by atoms with E-state index in [-0.39, 0.29) is 31.1 Å². The molecule has 48 heavy (non-hydrogen) atoms. The topological polar surface area (TPSA) is 146 Å². The van der Waals surface area contributed by atoms with Crippen LogP contribution in [-0.4, -0.2) is 56.8 Å². The number of nitrogens with one attached hydrogen (secondary N) is 2. The summed E-state index contributed by atoms with van der Waals surface area (Å²) >= 11 is 0. The molecule has 2 N–H and O–H groups in total. The van der Waals surface area contributed by atoms with Crippen LogP contribution in [0.5, 0.6) is 5.75 Å². The van der Waals surface area contributed by atoms with Crippen LogP contribution < -0.4 is 15.4 Å². The van der Waals surface area contributed by atoms with E-state index in [1.54, 1.807) is 24.3 Å². The Morgan fingerprint density at radius 2 is 1.71 bits per heavy atom. The summed E-state index contributed by atoms with van der Waals surface area (Å²) in [5, 5.41) is 6.72. The van der Waals surface area contributed by atoms with Crippen molar-refractivity contribution in [2.75, 3.05) is 27.5 Å². The fourth-order valence-corrected chi connectivity index (χ4v) is 6.34. The molecule has 0 saturated heterocycles. The quantitative estimate of drug-likeness (QED) is 0.0388. The number of unbranched alkanes of at least 4 members (excludes halogenated alkanes) is 2. The van der Waals surface area contributed by atoms with Crippen molar-refractivity contribution >= 4 is 25.8 Å². The monoisotopic (exact) mass is 685 g/mol. The van der Waals surface area contributed by atoms with E-state index < -0.39 is 25.5 Å².